The summed E-state index contributed by atoms with van der Waals surface area (Å²) < 4.78 is 0. The van der Waals surface area contributed by atoms with Crippen LogP contribution in [0.3, 0.4) is 0 Å². The van der Waals surface area contributed by atoms with E-state index in [9.17, 15) is 5.11 Å². The summed E-state index contributed by atoms with van der Waals surface area (Å²) in [4.78, 5) is 8.47. The zero-order valence-electron chi connectivity index (χ0n) is 13.0. The van der Waals surface area contributed by atoms with Gasteiger partial charge in [0.2, 0.25) is 0 Å². The van der Waals surface area contributed by atoms with Crippen molar-refractivity contribution in [1.82, 2.24) is 9.88 Å². The van der Waals surface area contributed by atoms with Crippen LogP contribution in [-0.2, 0) is 6.54 Å². The van der Waals surface area contributed by atoms with Crippen molar-refractivity contribution < 1.29 is 5.11 Å². The summed E-state index contributed by atoms with van der Waals surface area (Å²) in [6, 6.07) is 13.8. The van der Waals surface area contributed by atoms with Gasteiger partial charge in [0.1, 0.15) is 0 Å². The number of rotatable bonds is 3. The number of benzene rings is 1. The third-order valence-electron chi connectivity index (χ3n) is 4.08. The maximum absolute atomic E-state index is 10.3. The summed E-state index contributed by atoms with van der Waals surface area (Å²) in [5.41, 5.74) is 2.87. The van der Waals surface area contributed by atoms with Crippen molar-refractivity contribution in [2.45, 2.75) is 12.6 Å². The minimum absolute atomic E-state index is 0.398. The van der Waals surface area contributed by atoms with Crippen LogP contribution in [0.5, 0.6) is 0 Å². The lowest BCUT2D eigenvalue weighted by Crippen LogP contribution is -2.33. The molecule has 1 aromatic heterocycles. The van der Waals surface area contributed by atoms with Crippen LogP contribution in [0, 0.1) is 11.3 Å². The summed E-state index contributed by atoms with van der Waals surface area (Å²) in [5.74, 6) is 0. The maximum Gasteiger partial charge on any atom is 0.0991 e. The fourth-order valence-corrected chi connectivity index (χ4v) is 2.99. The van der Waals surface area contributed by atoms with Gasteiger partial charge in [-0.2, -0.15) is 5.26 Å². The molecule has 5 heteroatoms. The Bertz CT molecular complexity index is 683. The molecule has 0 amide bonds. The topological polar surface area (TPSA) is 63.4 Å². The predicted octanol–water partition coefficient (Wildman–Crippen LogP) is 1.64. The van der Waals surface area contributed by atoms with E-state index in [0.717, 1.165) is 30.9 Å². The number of aliphatic hydroxyl groups is 1. The van der Waals surface area contributed by atoms with Crippen LogP contribution < -0.4 is 4.90 Å². The second kappa shape index (κ2) is 7.23. The number of pyridine rings is 1. The van der Waals surface area contributed by atoms with E-state index in [1.54, 1.807) is 12.4 Å². The highest BCUT2D eigenvalue weighted by atomic mass is 16.3. The van der Waals surface area contributed by atoms with E-state index >= 15 is 0 Å². The van der Waals surface area contributed by atoms with Crippen LogP contribution in [-0.4, -0.2) is 47.3 Å². The van der Waals surface area contributed by atoms with Crippen LogP contribution >= 0.6 is 0 Å². The van der Waals surface area contributed by atoms with Crippen molar-refractivity contribution in [3.8, 4) is 6.07 Å². The first-order valence-corrected chi connectivity index (χ1v) is 7.79. The van der Waals surface area contributed by atoms with Gasteiger partial charge in [0.05, 0.1) is 17.7 Å². The van der Waals surface area contributed by atoms with Crippen molar-refractivity contribution in [3.63, 3.8) is 0 Å². The van der Waals surface area contributed by atoms with E-state index in [0.29, 0.717) is 18.7 Å². The van der Waals surface area contributed by atoms with Gasteiger partial charge in [0, 0.05) is 50.8 Å². The van der Waals surface area contributed by atoms with Gasteiger partial charge in [-0.25, -0.2) is 0 Å². The van der Waals surface area contributed by atoms with Gasteiger partial charge in [-0.1, -0.05) is 12.1 Å². The molecule has 1 atom stereocenters. The Morgan fingerprint density at radius 1 is 1.17 bits per heavy atom. The monoisotopic (exact) mass is 308 g/mol. The van der Waals surface area contributed by atoms with E-state index in [4.69, 9.17) is 5.26 Å². The molecule has 2 aromatic rings. The zero-order chi connectivity index (χ0) is 16.1. The largest absolute Gasteiger partial charge is 0.390 e. The Balaban J connectivity index is 1.67. The smallest absolute Gasteiger partial charge is 0.0991 e. The number of β-amino-alcohol motifs (C(OH)–C–C–N with tert-alkyl or cyclic N) is 1. The van der Waals surface area contributed by atoms with Crippen LogP contribution in [0.1, 0.15) is 11.1 Å². The van der Waals surface area contributed by atoms with Gasteiger partial charge in [0.25, 0.3) is 0 Å². The van der Waals surface area contributed by atoms with E-state index in [2.05, 4.69) is 20.9 Å². The fourth-order valence-electron chi connectivity index (χ4n) is 2.99. The Morgan fingerprint density at radius 3 is 2.78 bits per heavy atom. The SMILES string of the molecule is N#Cc1cccc(CN2CCN(c3ccncc3)C[C@H](O)C2)c1. The molecular formula is C18H20N4O. The molecule has 2 heterocycles. The molecule has 1 aromatic carbocycles. The summed E-state index contributed by atoms with van der Waals surface area (Å²) >= 11 is 0. The second-order valence-electron chi connectivity index (χ2n) is 5.85. The number of hydrogen-bond acceptors (Lipinski definition) is 5. The molecule has 0 unspecified atom stereocenters. The van der Waals surface area contributed by atoms with Gasteiger partial charge < -0.3 is 10.0 Å². The first kappa shape index (κ1) is 15.5. The van der Waals surface area contributed by atoms with Crippen molar-refractivity contribution >= 4 is 5.69 Å². The predicted molar refractivity (Wildman–Crippen MR) is 88.9 cm³/mol. The maximum atomic E-state index is 10.3. The minimum Gasteiger partial charge on any atom is -0.390 e. The normalized spacial score (nSPS) is 19.1. The van der Waals surface area contributed by atoms with E-state index in [1.165, 1.54) is 0 Å². The molecule has 23 heavy (non-hydrogen) atoms. The summed E-state index contributed by atoms with van der Waals surface area (Å²) in [7, 11) is 0. The average Bonchev–Trinajstić information content (AvgIpc) is 2.77. The molecule has 1 aliphatic rings. The number of anilines is 1. The highest BCUT2D eigenvalue weighted by Crippen LogP contribution is 2.17. The highest BCUT2D eigenvalue weighted by Gasteiger charge is 2.21. The van der Waals surface area contributed by atoms with Crippen LogP contribution in [0.15, 0.2) is 48.8 Å². The van der Waals surface area contributed by atoms with Crippen LogP contribution in [0.25, 0.3) is 0 Å². The molecule has 1 saturated heterocycles. The number of hydrogen-bond donors (Lipinski definition) is 1. The zero-order valence-corrected chi connectivity index (χ0v) is 13.0. The van der Waals surface area contributed by atoms with Gasteiger partial charge >= 0.3 is 0 Å². The van der Waals surface area contributed by atoms with Crippen LogP contribution in [0.4, 0.5) is 5.69 Å². The summed E-state index contributed by atoms with van der Waals surface area (Å²) in [5, 5.41) is 19.3. The van der Waals surface area contributed by atoms with Gasteiger partial charge in [0.15, 0.2) is 0 Å². The lowest BCUT2D eigenvalue weighted by Gasteiger charge is -2.23. The number of aliphatic hydroxyl groups excluding tert-OH is 1. The average molecular weight is 308 g/mol. The van der Waals surface area contributed by atoms with E-state index < -0.39 is 6.10 Å². The molecule has 3 rings (SSSR count). The molecule has 5 nitrogen and oxygen atoms in total. The molecule has 0 aliphatic carbocycles. The Labute approximate surface area is 136 Å². The van der Waals surface area contributed by atoms with E-state index in [-0.39, 0.29) is 0 Å². The number of aromatic nitrogens is 1. The van der Waals surface area contributed by atoms with Crippen molar-refractivity contribution in [2.24, 2.45) is 0 Å². The highest BCUT2D eigenvalue weighted by molar-refractivity contribution is 5.45. The number of nitrogens with zero attached hydrogens (tertiary/aromatic N) is 4. The lowest BCUT2D eigenvalue weighted by atomic mass is 10.1. The minimum atomic E-state index is -0.398. The third kappa shape index (κ3) is 4.07. The molecule has 0 saturated carbocycles. The Kier molecular flexibility index (Phi) is 4.86. The van der Waals surface area contributed by atoms with Crippen LogP contribution in [0.2, 0.25) is 0 Å². The molecule has 118 valence electrons. The van der Waals surface area contributed by atoms with Gasteiger partial charge in [-0.15, -0.1) is 0 Å². The Hall–Kier alpha value is -2.42. The quantitative estimate of drug-likeness (QED) is 0.934. The molecule has 1 aliphatic heterocycles. The molecular weight excluding hydrogens is 288 g/mol. The van der Waals surface area contributed by atoms with Gasteiger partial charge in [-0.3, -0.25) is 9.88 Å². The van der Waals surface area contributed by atoms with Gasteiger partial charge in [-0.05, 0) is 29.8 Å². The molecule has 1 N–H and O–H groups in total. The fraction of sp³-hybridized carbons (Fsp3) is 0.333. The lowest BCUT2D eigenvalue weighted by molar-refractivity contribution is 0.129. The standard InChI is InChI=1S/C18H20N4O/c19-11-15-2-1-3-16(10-15)12-21-8-9-22(14-18(23)13-21)17-4-6-20-7-5-17/h1-7,10,18,23H,8-9,12-14H2/t18-/m1/s1. The first-order valence-electron chi connectivity index (χ1n) is 7.79. The van der Waals surface area contributed by atoms with E-state index in [1.807, 2.05) is 36.4 Å². The number of nitriles is 1. The van der Waals surface area contributed by atoms with Crippen molar-refractivity contribution in [2.75, 3.05) is 31.1 Å². The first-order chi connectivity index (χ1) is 11.2. The molecule has 0 spiro atoms. The molecule has 1 fully saturated rings. The second-order valence-corrected chi connectivity index (χ2v) is 5.85. The summed E-state index contributed by atoms with van der Waals surface area (Å²) in [6.07, 6.45) is 3.15. The van der Waals surface area contributed by atoms with Crippen molar-refractivity contribution in [1.29, 1.82) is 5.26 Å². The Morgan fingerprint density at radius 2 is 2.00 bits per heavy atom. The van der Waals surface area contributed by atoms with Crippen molar-refractivity contribution in [3.05, 3.63) is 59.9 Å². The molecule has 0 radical (unpaired) electrons. The summed E-state index contributed by atoms with van der Waals surface area (Å²) in [6.45, 7) is 3.74. The third-order valence-corrected chi connectivity index (χ3v) is 4.08. The molecule has 0 bridgehead atoms.